The Bertz CT molecular complexity index is 484. The summed E-state index contributed by atoms with van der Waals surface area (Å²) < 4.78 is 4.66. The fourth-order valence-electron chi connectivity index (χ4n) is 2.36. The largest absolute Gasteiger partial charge is 0.465 e. The zero-order valence-electron chi connectivity index (χ0n) is 11.4. The van der Waals surface area contributed by atoms with Crippen LogP contribution in [0.4, 0.5) is 4.79 Å². The molecule has 1 unspecified atom stereocenters. The fourth-order valence-corrected chi connectivity index (χ4v) is 2.36. The predicted octanol–water partition coefficient (Wildman–Crippen LogP) is 1.90. The van der Waals surface area contributed by atoms with Gasteiger partial charge in [0.15, 0.2) is 0 Å². The Labute approximate surface area is 112 Å². The van der Waals surface area contributed by atoms with Gasteiger partial charge >= 0.3 is 12.0 Å². The van der Waals surface area contributed by atoms with Gasteiger partial charge in [0.05, 0.1) is 18.7 Å². The number of nitrogens with zero attached hydrogens (tertiary/aromatic N) is 2. The molecule has 0 saturated carbocycles. The van der Waals surface area contributed by atoms with Crippen LogP contribution >= 0.6 is 0 Å². The van der Waals surface area contributed by atoms with E-state index in [9.17, 15) is 9.59 Å². The standard InChI is InChI=1S/C14H18N2O3/c1-15-9-8-12(16(2)14(15)18)10-4-6-11(7-5-10)13(17)19-3/h4-7,12H,8-9H2,1-3H3. The summed E-state index contributed by atoms with van der Waals surface area (Å²) >= 11 is 0. The van der Waals surface area contributed by atoms with Crippen LogP contribution in [-0.2, 0) is 4.74 Å². The number of rotatable bonds is 2. The lowest BCUT2D eigenvalue weighted by Gasteiger charge is -2.38. The van der Waals surface area contributed by atoms with Crippen molar-refractivity contribution in [1.29, 1.82) is 0 Å². The topological polar surface area (TPSA) is 49.9 Å². The Morgan fingerprint density at radius 3 is 2.47 bits per heavy atom. The van der Waals surface area contributed by atoms with Gasteiger partial charge in [0.25, 0.3) is 0 Å². The summed E-state index contributed by atoms with van der Waals surface area (Å²) in [6, 6.07) is 7.32. The van der Waals surface area contributed by atoms with Crippen LogP contribution < -0.4 is 0 Å². The minimum absolute atomic E-state index is 0.0216. The summed E-state index contributed by atoms with van der Waals surface area (Å²) in [6.45, 7) is 0.743. The van der Waals surface area contributed by atoms with E-state index >= 15 is 0 Å². The van der Waals surface area contributed by atoms with Gasteiger partial charge in [-0.05, 0) is 24.1 Å². The van der Waals surface area contributed by atoms with Gasteiger partial charge in [-0.2, -0.15) is 0 Å². The number of amides is 2. The van der Waals surface area contributed by atoms with E-state index in [1.165, 1.54) is 7.11 Å². The highest BCUT2D eigenvalue weighted by Gasteiger charge is 2.29. The molecule has 1 saturated heterocycles. The molecule has 0 aliphatic carbocycles. The Balaban J connectivity index is 2.18. The van der Waals surface area contributed by atoms with Crippen LogP contribution in [0.25, 0.3) is 0 Å². The summed E-state index contributed by atoms with van der Waals surface area (Å²) in [4.78, 5) is 26.7. The van der Waals surface area contributed by atoms with Crippen LogP contribution in [0.15, 0.2) is 24.3 Å². The van der Waals surface area contributed by atoms with Gasteiger partial charge in [-0.1, -0.05) is 12.1 Å². The first-order chi connectivity index (χ1) is 9.04. The average Bonchev–Trinajstić information content (AvgIpc) is 2.44. The minimum Gasteiger partial charge on any atom is -0.465 e. The third kappa shape index (κ3) is 2.54. The highest BCUT2D eigenvalue weighted by atomic mass is 16.5. The summed E-state index contributed by atoms with van der Waals surface area (Å²) in [7, 11) is 4.96. The van der Waals surface area contributed by atoms with Crippen molar-refractivity contribution in [3.05, 3.63) is 35.4 Å². The maximum atomic E-state index is 11.9. The maximum absolute atomic E-state index is 11.9. The molecule has 1 aromatic carbocycles. The highest BCUT2D eigenvalue weighted by molar-refractivity contribution is 5.89. The predicted molar refractivity (Wildman–Crippen MR) is 70.9 cm³/mol. The molecular weight excluding hydrogens is 244 g/mol. The number of hydrogen-bond donors (Lipinski definition) is 0. The highest BCUT2D eigenvalue weighted by Crippen LogP contribution is 2.28. The maximum Gasteiger partial charge on any atom is 0.337 e. The second kappa shape index (κ2) is 5.30. The number of benzene rings is 1. The Hall–Kier alpha value is -2.04. The molecule has 0 radical (unpaired) electrons. The van der Waals surface area contributed by atoms with Crippen molar-refractivity contribution in [2.24, 2.45) is 0 Å². The fraction of sp³-hybridized carbons (Fsp3) is 0.429. The molecule has 0 spiro atoms. The van der Waals surface area contributed by atoms with Crippen LogP contribution in [0.5, 0.6) is 0 Å². The monoisotopic (exact) mass is 262 g/mol. The first-order valence-corrected chi connectivity index (χ1v) is 6.20. The molecule has 0 N–H and O–H groups in total. The van der Waals surface area contributed by atoms with Crippen molar-refractivity contribution >= 4 is 12.0 Å². The van der Waals surface area contributed by atoms with E-state index in [0.717, 1.165) is 18.5 Å². The zero-order valence-corrected chi connectivity index (χ0v) is 11.4. The molecule has 1 aliphatic heterocycles. The molecule has 19 heavy (non-hydrogen) atoms. The number of urea groups is 1. The van der Waals surface area contributed by atoms with E-state index in [1.807, 2.05) is 12.1 Å². The number of hydrogen-bond acceptors (Lipinski definition) is 3. The molecule has 1 heterocycles. The zero-order chi connectivity index (χ0) is 14.0. The van der Waals surface area contributed by atoms with E-state index < -0.39 is 0 Å². The van der Waals surface area contributed by atoms with E-state index in [4.69, 9.17) is 0 Å². The van der Waals surface area contributed by atoms with E-state index in [-0.39, 0.29) is 18.0 Å². The number of carbonyl (C=O) groups excluding carboxylic acids is 2. The molecule has 5 nitrogen and oxygen atoms in total. The lowest BCUT2D eigenvalue weighted by molar-refractivity contribution is 0.0600. The van der Waals surface area contributed by atoms with Crippen LogP contribution in [-0.4, -0.2) is 49.6 Å². The Kier molecular flexibility index (Phi) is 3.74. The summed E-state index contributed by atoms with van der Waals surface area (Å²) in [5.41, 5.74) is 1.56. The average molecular weight is 262 g/mol. The molecule has 0 aromatic heterocycles. The molecule has 0 bridgehead atoms. The second-order valence-corrected chi connectivity index (χ2v) is 4.73. The molecule has 2 rings (SSSR count). The smallest absolute Gasteiger partial charge is 0.337 e. The Morgan fingerprint density at radius 2 is 1.89 bits per heavy atom. The third-order valence-electron chi connectivity index (χ3n) is 3.55. The van der Waals surface area contributed by atoms with Gasteiger partial charge in [-0.25, -0.2) is 9.59 Å². The normalized spacial score (nSPS) is 19.5. The second-order valence-electron chi connectivity index (χ2n) is 4.73. The van der Waals surface area contributed by atoms with Crippen molar-refractivity contribution < 1.29 is 14.3 Å². The van der Waals surface area contributed by atoms with Crippen LogP contribution in [0.1, 0.15) is 28.4 Å². The molecule has 1 aliphatic rings. The first kappa shape index (κ1) is 13.4. The molecule has 102 valence electrons. The van der Waals surface area contributed by atoms with Crippen molar-refractivity contribution in [1.82, 2.24) is 9.80 Å². The van der Waals surface area contributed by atoms with E-state index in [2.05, 4.69) is 4.74 Å². The molecule has 2 amide bonds. The first-order valence-electron chi connectivity index (χ1n) is 6.20. The third-order valence-corrected chi connectivity index (χ3v) is 3.55. The van der Waals surface area contributed by atoms with Crippen LogP contribution in [0.3, 0.4) is 0 Å². The number of methoxy groups -OCH3 is 1. The van der Waals surface area contributed by atoms with Crippen molar-refractivity contribution in [2.75, 3.05) is 27.7 Å². The van der Waals surface area contributed by atoms with Gasteiger partial charge in [0, 0.05) is 20.6 Å². The molecule has 1 fully saturated rings. The van der Waals surface area contributed by atoms with Crippen molar-refractivity contribution in [3.8, 4) is 0 Å². The summed E-state index contributed by atoms with van der Waals surface area (Å²) in [5, 5.41) is 0. The van der Waals surface area contributed by atoms with E-state index in [0.29, 0.717) is 5.56 Å². The quantitative estimate of drug-likeness (QED) is 0.765. The van der Waals surface area contributed by atoms with Crippen molar-refractivity contribution in [2.45, 2.75) is 12.5 Å². The van der Waals surface area contributed by atoms with Crippen LogP contribution in [0.2, 0.25) is 0 Å². The summed E-state index contributed by atoms with van der Waals surface area (Å²) in [6.07, 6.45) is 0.885. The number of carbonyl (C=O) groups is 2. The molecular formula is C14H18N2O3. The lowest BCUT2D eigenvalue weighted by atomic mass is 9.99. The van der Waals surface area contributed by atoms with Gasteiger partial charge < -0.3 is 14.5 Å². The molecule has 1 atom stereocenters. The van der Waals surface area contributed by atoms with Gasteiger partial charge in [0.2, 0.25) is 0 Å². The van der Waals surface area contributed by atoms with Gasteiger partial charge in [-0.15, -0.1) is 0 Å². The SMILES string of the molecule is COC(=O)c1ccc(C2CCN(C)C(=O)N2C)cc1. The lowest BCUT2D eigenvalue weighted by Crippen LogP contribution is -2.46. The van der Waals surface area contributed by atoms with Gasteiger partial charge in [-0.3, -0.25) is 0 Å². The minimum atomic E-state index is -0.348. The molecule has 5 heteroatoms. The summed E-state index contributed by atoms with van der Waals surface area (Å²) in [5.74, 6) is -0.348. The van der Waals surface area contributed by atoms with Crippen molar-refractivity contribution in [3.63, 3.8) is 0 Å². The van der Waals surface area contributed by atoms with Crippen LogP contribution in [0, 0.1) is 0 Å². The van der Waals surface area contributed by atoms with E-state index in [1.54, 1.807) is 36.0 Å². The number of esters is 1. The molecule has 1 aromatic rings. The number of ether oxygens (including phenoxy) is 1. The Morgan fingerprint density at radius 1 is 1.26 bits per heavy atom. The van der Waals surface area contributed by atoms with Gasteiger partial charge in [0.1, 0.15) is 0 Å².